The molecule has 0 aliphatic heterocycles. The van der Waals surface area contributed by atoms with Crippen molar-refractivity contribution in [3.63, 3.8) is 0 Å². The molecule has 2 nitrogen and oxygen atoms in total. The van der Waals surface area contributed by atoms with Gasteiger partial charge in [0.05, 0.1) is 15.4 Å². The van der Waals surface area contributed by atoms with Crippen LogP contribution in [0.25, 0.3) is 10.2 Å². The van der Waals surface area contributed by atoms with Crippen molar-refractivity contribution in [3.8, 4) is 0 Å². The van der Waals surface area contributed by atoms with Gasteiger partial charge in [-0.2, -0.15) is 0 Å². The number of nitrogen functional groups attached to an aromatic ring is 1. The monoisotopic (exact) mass is 220 g/mol. The maximum atomic E-state index is 5.87. The summed E-state index contributed by atoms with van der Waals surface area (Å²) in [6.45, 7) is 2.22. The fourth-order valence-corrected chi connectivity index (χ4v) is 2.69. The quantitative estimate of drug-likeness (QED) is 0.631. The summed E-state index contributed by atoms with van der Waals surface area (Å²) in [7, 11) is 0. The lowest BCUT2D eigenvalue weighted by Crippen LogP contribution is -1.87. The number of aromatic nitrogens is 1. The van der Waals surface area contributed by atoms with Crippen molar-refractivity contribution in [1.82, 2.24) is 4.98 Å². The lowest BCUT2D eigenvalue weighted by Gasteiger charge is -1.93. The normalized spacial score (nSPS) is 11.0. The average molecular weight is 220 g/mol. The highest BCUT2D eigenvalue weighted by Gasteiger charge is 2.05. The van der Waals surface area contributed by atoms with Crippen LogP contribution in [0.4, 0.5) is 5.69 Å². The summed E-state index contributed by atoms with van der Waals surface area (Å²) < 4.78 is 1.21. The molecule has 2 aromatic rings. The Balaban J connectivity index is 2.20. The number of hydrogen-bond acceptors (Lipinski definition) is 3. The van der Waals surface area contributed by atoms with Gasteiger partial charge in [-0.3, -0.25) is 0 Å². The lowest BCUT2D eigenvalue weighted by molar-refractivity contribution is 0.716. The van der Waals surface area contributed by atoms with Gasteiger partial charge in [-0.25, -0.2) is 4.98 Å². The number of para-hydroxylation sites is 1. The Morgan fingerprint density at radius 1 is 1.33 bits per heavy atom. The molecule has 3 heteroatoms. The van der Waals surface area contributed by atoms with Crippen LogP contribution < -0.4 is 5.73 Å². The minimum Gasteiger partial charge on any atom is -0.397 e. The first-order chi connectivity index (χ1) is 7.31. The highest BCUT2D eigenvalue weighted by molar-refractivity contribution is 7.18. The highest BCUT2D eigenvalue weighted by Crippen LogP contribution is 2.27. The second-order valence-corrected chi connectivity index (χ2v) is 4.87. The van der Waals surface area contributed by atoms with E-state index in [-0.39, 0.29) is 0 Å². The SMILES string of the molecule is CCCCCc1nc2c(N)cccc2s1. The van der Waals surface area contributed by atoms with E-state index in [0.29, 0.717) is 0 Å². The molecule has 0 spiro atoms. The summed E-state index contributed by atoms with van der Waals surface area (Å²) in [4.78, 5) is 4.58. The van der Waals surface area contributed by atoms with E-state index < -0.39 is 0 Å². The van der Waals surface area contributed by atoms with Crippen molar-refractivity contribution < 1.29 is 0 Å². The van der Waals surface area contributed by atoms with Crippen LogP contribution >= 0.6 is 11.3 Å². The molecule has 0 amide bonds. The van der Waals surface area contributed by atoms with Crippen molar-refractivity contribution >= 4 is 27.2 Å². The predicted octanol–water partition coefficient (Wildman–Crippen LogP) is 3.61. The summed E-state index contributed by atoms with van der Waals surface area (Å²) >= 11 is 1.77. The largest absolute Gasteiger partial charge is 0.397 e. The maximum absolute atomic E-state index is 5.87. The number of nitrogens with two attached hydrogens (primary N) is 1. The molecule has 0 saturated heterocycles. The molecule has 0 unspecified atom stereocenters. The summed E-state index contributed by atoms with van der Waals surface area (Å²) in [6.07, 6.45) is 4.86. The first-order valence-corrected chi connectivity index (χ1v) is 6.27. The molecule has 0 aliphatic carbocycles. The van der Waals surface area contributed by atoms with Gasteiger partial charge in [-0.1, -0.05) is 25.8 Å². The van der Waals surface area contributed by atoms with E-state index in [1.165, 1.54) is 29.0 Å². The van der Waals surface area contributed by atoms with Gasteiger partial charge in [0.2, 0.25) is 0 Å². The minimum absolute atomic E-state index is 0.797. The molecule has 1 heterocycles. The molecule has 0 radical (unpaired) electrons. The molecular weight excluding hydrogens is 204 g/mol. The van der Waals surface area contributed by atoms with E-state index in [4.69, 9.17) is 5.73 Å². The molecule has 0 saturated carbocycles. The number of fused-ring (bicyclic) bond motifs is 1. The zero-order valence-corrected chi connectivity index (χ0v) is 9.81. The Hall–Kier alpha value is -1.09. The van der Waals surface area contributed by atoms with Gasteiger partial charge >= 0.3 is 0 Å². The number of benzene rings is 1. The predicted molar refractivity (Wildman–Crippen MR) is 67.3 cm³/mol. The standard InChI is InChI=1S/C12H16N2S/c1-2-3-4-8-11-14-12-9(13)6-5-7-10(12)15-11/h5-7H,2-4,8,13H2,1H3. The fourth-order valence-electron chi connectivity index (χ4n) is 1.65. The van der Waals surface area contributed by atoms with Crippen LogP contribution in [0.3, 0.4) is 0 Å². The Kier molecular flexibility index (Phi) is 3.21. The summed E-state index contributed by atoms with van der Waals surface area (Å²) in [5.74, 6) is 0. The Morgan fingerprint density at radius 2 is 2.20 bits per heavy atom. The van der Waals surface area contributed by atoms with Gasteiger partial charge in [-0.05, 0) is 25.0 Å². The van der Waals surface area contributed by atoms with E-state index in [2.05, 4.69) is 18.0 Å². The second-order valence-electron chi connectivity index (χ2n) is 3.76. The van der Waals surface area contributed by atoms with E-state index >= 15 is 0 Å². The third-order valence-electron chi connectivity index (χ3n) is 2.49. The van der Waals surface area contributed by atoms with Crippen LogP contribution in [0.5, 0.6) is 0 Å². The van der Waals surface area contributed by atoms with Crippen molar-refractivity contribution in [3.05, 3.63) is 23.2 Å². The first kappa shape index (κ1) is 10.4. The van der Waals surface area contributed by atoms with Gasteiger partial charge in [0.25, 0.3) is 0 Å². The van der Waals surface area contributed by atoms with Gasteiger partial charge in [0.15, 0.2) is 0 Å². The van der Waals surface area contributed by atoms with Crippen molar-refractivity contribution in [1.29, 1.82) is 0 Å². The number of unbranched alkanes of at least 4 members (excludes halogenated alkanes) is 2. The maximum Gasteiger partial charge on any atom is 0.104 e. The molecule has 0 aliphatic rings. The van der Waals surface area contributed by atoms with Crippen molar-refractivity contribution in [2.24, 2.45) is 0 Å². The summed E-state index contributed by atoms with van der Waals surface area (Å²) in [5.41, 5.74) is 7.65. The topological polar surface area (TPSA) is 38.9 Å². The highest BCUT2D eigenvalue weighted by atomic mass is 32.1. The number of anilines is 1. The minimum atomic E-state index is 0.797. The van der Waals surface area contributed by atoms with Crippen LogP contribution in [0.15, 0.2) is 18.2 Å². The molecule has 15 heavy (non-hydrogen) atoms. The number of rotatable bonds is 4. The smallest absolute Gasteiger partial charge is 0.104 e. The van der Waals surface area contributed by atoms with Crippen LogP contribution in [-0.4, -0.2) is 4.98 Å². The number of aryl methyl sites for hydroxylation is 1. The van der Waals surface area contributed by atoms with Crippen molar-refractivity contribution in [2.45, 2.75) is 32.6 Å². The first-order valence-electron chi connectivity index (χ1n) is 5.45. The Labute approximate surface area is 94.1 Å². The van der Waals surface area contributed by atoms with Crippen LogP contribution in [0.1, 0.15) is 31.2 Å². The molecule has 80 valence electrons. The molecule has 1 aromatic carbocycles. The van der Waals surface area contributed by atoms with Gasteiger partial charge < -0.3 is 5.73 Å². The zero-order valence-electron chi connectivity index (χ0n) is 8.99. The van der Waals surface area contributed by atoms with E-state index in [1.807, 2.05) is 12.1 Å². The molecule has 0 fully saturated rings. The van der Waals surface area contributed by atoms with Crippen LogP contribution in [-0.2, 0) is 6.42 Å². The lowest BCUT2D eigenvalue weighted by atomic mass is 10.2. The molecule has 2 N–H and O–H groups in total. The van der Waals surface area contributed by atoms with Crippen molar-refractivity contribution in [2.75, 3.05) is 5.73 Å². The number of hydrogen-bond donors (Lipinski definition) is 1. The Morgan fingerprint density at radius 3 is 2.93 bits per heavy atom. The van der Waals surface area contributed by atoms with E-state index in [0.717, 1.165) is 17.6 Å². The third-order valence-corrected chi connectivity index (χ3v) is 3.57. The molecule has 1 aromatic heterocycles. The fraction of sp³-hybridized carbons (Fsp3) is 0.417. The second kappa shape index (κ2) is 4.62. The molecule has 0 atom stereocenters. The van der Waals surface area contributed by atoms with E-state index in [1.54, 1.807) is 11.3 Å². The summed E-state index contributed by atoms with van der Waals surface area (Å²) in [6, 6.07) is 6.00. The Bertz CT molecular complexity index is 448. The molecule has 0 bridgehead atoms. The molecular formula is C12H16N2S. The average Bonchev–Trinajstić information content (AvgIpc) is 2.63. The van der Waals surface area contributed by atoms with Gasteiger partial charge in [0.1, 0.15) is 5.52 Å². The molecule has 2 rings (SSSR count). The van der Waals surface area contributed by atoms with E-state index in [9.17, 15) is 0 Å². The zero-order chi connectivity index (χ0) is 10.7. The van der Waals surface area contributed by atoms with Gasteiger partial charge in [0, 0.05) is 0 Å². The number of thiazole rings is 1. The summed E-state index contributed by atoms with van der Waals surface area (Å²) in [5, 5.41) is 1.22. The van der Waals surface area contributed by atoms with Crippen LogP contribution in [0, 0.1) is 0 Å². The third kappa shape index (κ3) is 2.29. The van der Waals surface area contributed by atoms with Crippen LogP contribution in [0.2, 0.25) is 0 Å². The van der Waals surface area contributed by atoms with Gasteiger partial charge in [-0.15, -0.1) is 11.3 Å². The number of nitrogens with zero attached hydrogens (tertiary/aromatic N) is 1.